The number of ether oxygens (including phenoxy) is 2. The minimum Gasteiger partial charge on any atom is -0.491 e. The van der Waals surface area contributed by atoms with E-state index in [2.05, 4.69) is 0 Å². The minimum atomic E-state index is -0.260. The largest absolute Gasteiger partial charge is 0.491 e. The Labute approximate surface area is 138 Å². The molecule has 0 unspecified atom stereocenters. The Morgan fingerprint density at radius 3 is 2.70 bits per heavy atom. The fraction of sp³-hybridized carbons (Fsp3) is 0.368. The molecule has 0 N–H and O–H groups in total. The summed E-state index contributed by atoms with van der Waals surface area (Å²) < 4.78 is 27.7. The normalized spacial score (nSPS) is 15.6. The quantitative estimate of drug-likeness (QED) is 0.591. The molecule has 4 rings (SSSR count). The van der Waals surface area contributed by atoms with Crippen LogP contribution >= 0.6 is 11.3 Å². The zero-order valence-corrected chi connectivity index (χ0v) is 13.9. The second-order valence-electron chi connectivity index (χ2n) is 5.97. The van der Waals surface area contributed by atoms with Gasteiger partial charge in [-0.3, -0.25) is 0 Å². The first-order valence-corrected chi connectivity index (χ1v) is 9.02. The van der Waals surface area contributed by atoms with Gasteiger partial charge in [-0.1, -0.05) is 0 Å². The molecule has 0 amide bonds. The minimum absolute atomic E-state index is 0.260. The first kappa shape index (κ1) is 14.8. The number of hydrogen-bond donors (Lipinski definition) is 0. The molecule has 1 aliphatic carbocycles. The van der Waals surface area contributed by atoms with Crippen LogP contribution in [0.15, 0.2) is 30.3 Å². The van der Waals surface area contributed by atoms with Gasteiger partial charge in [0.2, 0.25) is 0 Å². The van der Waals surface area contributed by atoms with Gasteiger partial charge in [-0.05, 0) is 62.9 Å². The fourth-order valence-electron chi connectivity index (χ4n) is 3.31. The number of halogens is 1. The average molecular weight is 330 g/mol. The number of fused-ring (bicyclic) bond motifs is 3. The van der Waals surface area contributed by atoms with Crippen LogP contribution in [0, 0.1) is 5.82 Å². The number of thiophene rings is 1. The van der Waals surface area contributed by atoms with Crippen LogP contribution < -0.4 is 9.47 Å². The second kappa shape index (κ2) is 6.00. The lowest BCUT2D eigenvalue weighted by atomic mass is 10.1. The van der Waals surface area contributed by atoms with Crippen LogP contribution in [-0.4, -0.2) is 12.7 Å². The summed E-state index contributed by atoms with van der Waals surface area (Å²) in [7, 11) is 0. The SMILES string of the molecule is CCOc1ccc2c(sc3cc(OC4CCCC4)ccc32)c1F. The fourth-order valence-corrected chi connectivity index (χ4v) is 4.47. The monoisotopic (exact) mass is 330 g/mol. The van der Waals surface area contributed by atoms with Gasteiger partial charge in [0.1, 0.15) is 5.75 Å². The molecule has 0 atom stereocenters. The summed E-state index contributed by atoms with van der Waals surface area (Å²) in [5, 5.41) is 2.02. The maximum absolute atomic E-state index is 14.6. The zero-order valence-electron chi connectivity index (χ0n) is 13.1. The third-order valence-electron chi connectivity index (χ3n) is 4.42. The average Bonchev–Trinajstić information content (AvgIpc) is 3.18. The van der Waals surface area contributed by atoms with Crippen LogP contribution in [0.3, 0.4) is 0 Å². The van der Waals surface area contributed by atoms with Crippen molar-refractivity contribution in [1.82, 2.24) is 0 Å². The van der Waals surface area contributed by atoms with Crippen LogP contribution in [-0.2, 0) is 0 Å². The van der Waals surface area contributed by atoms with Gasteiger partial charge in [0, 0.05) is 15.5 Å². The van der Waals surface area contributed by atoms with Crippen LogP contribution in [0.25, 0.3) is 20.2 Å². The molecule has 1 heterocycles. The lowest BCUT2D eigenvalue weighted by molar-refractivity contribution is 0.210. The van der Waals surface area contributed by atoms with E-state index in [4.69, 9.17) is 9.47 Å². The molecular formula is C19H19FO2S. The van der Waals surface area contributed by atoms with E-state index in [1.807, 2.05) is 31.2 Å². The van der Waals surface area contributed by atoms with Gasteiger partial charge in [-0.2, -0.15) is 0 Å². The summed E-state index contributed by atoms with van der Waals surface area (Å²) in [5.74, 6) is 0.958. The molecule has 0 aliphatic heterocycles. The van der Waals surface area contributed by atoms with E-state index in [1.165, 1.54) is 24.2 Å². The van der Waals surface area contributed by atoms with Crippen LogP contribution in [0.1, 0.15) is 32.6 Å². The Kier molecular flexibility index (Phi) is 3.85. The Bertz CT molecular complexity index is 849. The highest BCUT2D eigenvalue weighted by Crippen LogP contribution is 2.40. The highest BCUT2D eigenvalue weighted by Gasteiger charge is 2.18. The molecule has 1 saturated carbocycles. The summed E-state index contributed by atoms with van der Waals surface area (Å²) in [4.78, 5) is 0. The van der Waals surface area contributed by atoms with E-state index >= 15 is 0 Å². The Balaban J connectivity index is 1.76. The maximum Gasteiger partial charge on any atom is 0.182 e. The van der Waals surface area contributed by atoms with Crippen molar-refractivity contribution in [3.05, 3.63) is 36.1 Å². The number of rotatable bonds is 4. The topological polar surface area (TPSA) is 18.5 Å². The molecule has 2 nitrogen and oxygen atoms in total. The maximum atomic E-state index is 14.6. The molecule has 0 spiro atoms. The van der Waals surface area contributed by atoms with Crippen molar-refractivity contribution in [3.8, 4) is 11.5 Å². The van der Waals surface area contributed by atoms with Crippen molar-refractivity contribution >= 4 is 31.5 Å². The molecule has 3 aromatic rings. The molecule has 120 valence electrons. The summed E-state index contributed by atoms with van der Waals surface area (Å²) in [6.45, 7) is 2.33. The molecule has 0 saturated heterocycles. The van der Waals surface area contributed by atoms with Crippen molar-refractivity contribution in [3.63, 3.8) is 0 Å². The van der Waals surface area contributed by atoms with E-state index in [9.17, 15) is 4.39 Å². The van der Waals surface area contributed by atoms with Gasteiger partial charge in [0.15, 0.2) is 11.6 Å². The van der Waals surface area contributed by atoms with Crippen LogP contribution in [0.5, 0.6) is 11.5 Å². The third kappa shape index (κ3) is 2.65. The van der Waals surface area contributed by atoms with Gasteiger partial charge in [-0.15, -0.1) is 11.3 Å². The van der Waals surface area contributed by atoms with Gasteiger partial charge in [-0.25, -0.2) is 4.39 Å². The molecule has 1 aromatic heterocycles. The summed E-state index contributed by atoms with van der Waals surface area (Å²) >= 11 is 1.47. The highest BCUT2D eigenvalue weighted by molar-refractivity contribution is 7.25. The van der Waals surface area contributed by atoms with Crippen molar-refractivity contribution in [2.45, 2.75) is 38.7 Å². The van der Waals surface area contributed by atoms with Gasteiger partial charge in [0.05, 0.1) is 17.4 Å². The molecule has 2 aromatic carbocycles. The summed E-state index contributed by atoms with van der Waals surface area (Å²) in [6, 6.07) is 9.74. The van der Waals surface area contributed by atoms with Crippen molar-refractivity contribution in [1.29, 1.82) is 0 Å². The molecule has 0 radical (unpaired) electrons. The first-order valence-electron chi connectivity index (χ1n) is 8.20. The van der Waals surface area contributed by atoms with Crippen LogP contribution in [0.4, 0.5) is 4.39 Å². The molecule has 1 fully saturated rings. The van der Waals surface area contributed by atoms with Crippen LogP contribution in [0.2, 0.25) is 0 Å². The molecule has 0 bridgehead atoms. The molecule has 4 heteroatoms. The Hall–Kier alpha value is -1.81. The first-order chi connectivity index (χ1) is 11.3. The predicted octanol–water partition coefficient (Wildman–Crippen LogP) is 5.91. The van der Waals surface area contributed by atoms with Gasteiger partial charge in [0.25, 0.3) is 0 Å². The highest BCUT2D eigenvalue weighted by atomic mass is 32.1. The van der Waals surface area contributed by atoms with E-state index in [0.29, 0.717) is 23.2 Å². The van der Waals surface area contributed by atoms with E-state index in [0.717, 1.165) is 34.1 Å². The lowest BCUT2D eigenvalue weighted by Crippen LogP contribution is -2.10. The molecule has 23 heavy (non-hydrogen) atoms. The molecular weight excluding hydrogens is 311 g/mol. The van der Waals surface area contributed by atoms with Gasteiger partial charge < -0.3 is 9.47 Å². The predicted molar refractivity (Wildman–Crippen MR) is 93.3 cm³/mol. The standard InChI is InChI=1S/C19H19FO2S/c1-2-21-16-10-9-15-14-8-7-13(22-12-5-3-4-6-12)11-17(14)23-19(15)18(16)20/h7-12H,2-6H2,1H3. The lowest BCUT2D eigenvalue weighted by Gasteiger charge is -2.12. The number of hydrogen-bond acceptors (Lipinski definition) is 3. The van der Waals surface area contributed by atoms with Gasteiger partial charge >= 0.3 is 0 Å². The van der Waals surface area contributed by atoms with E-state index < -0.39 is 0 Å². The van der Waals surface area contributed by atoms with E-state index in [-0.39, 0.29) is 5.82 Å². The summed E-state index contributed by atoms with van der Waals surface area (Å²) in [5.41, 5.74) is 0. The molecule has 1 aliphatic rings. The van der Waals surface area contributed by atoms with Crippen molar-refractivity contribution in [2.24, 2.45) is 0 Å². The van der Waals surface area contributed by atoms with E-state index in [1.54, 1.807) is 6.07 Å². The van der Waals surface area contributed by atoms with Crippen molar-refractivity contribution < 1.29 is 13.9 Å². The number of benzene rings is 2. The second-order valence-corrected chi connectivity index (χ2v) is 7.02. The zero-order chi connectivity index (χ0) is 15.8. The smallest absolute Gasteiger partial charge is 0.182 e. The van der Waals surface area contributed by atoms with Crippen molar-refractivity contribution in [2.75, 3.05) is 6.61 Å². The third-order valence-corrected chi connectivity index (χ3v) is 5.58. The Morgan fingerprint density at radius 2 is 1.91 bits per heavy atom. The summed E-state index contributed by atoms with van der Waals surface area (Å²) in [6.07, 6.45) is 5.11. The Morgan fingerprint density at radius 1 is 1.13 bits per heavy atom.